The van der Waals surface area contributed by atoms with Crippen LogP contribution >= 0.6 is 0 Å². The van der Waals surface area contributed by atoms with Crippen LogP contribution in [0.5, 0.6) is 0 Å². The van der Waals surface area contributed by atoms with Gasteiger partial charge in [-0.1, -0.05) is 30.3 Å². The van der Waals surface area contributed by atoms with E-state index in [-0.39, 0.29) is 25.0 Å². The molecule has 6 heteroatoms. The van der Waals surface area contributed by atoms with Crippen LogP contribution in [0.25, 0.3) is 0 Å². The summed E-state index contributed by atoms with van der Waals surface area (Å²) in [5.41, 5.74) is 1.07. The van der Waals surface area contributed by atoms with Gasteiger partial charge in [0.1, 0.15) is 6.61 Å². The Labute approximate surface area is 121 Å². The molecular formula is C15H18F3NO2. The van der Waals surface area contributed by atoms with Crippen LogP contribution in [0.3, 0.4) is 0 Å². The molecule has 21 heavy (non-hydrogen) atoms. The van der Waals surface area contributed by atoms with Crippen LogP contribution in [0.2, 0.25) is 0 Å². The van der Waals surface area contributed by atoms with E-state index < -0.39 is 12.8 Å². The molecule has 1 aromatic carbocycles. The summed E-state index contributed by atoms with van der Waals surface area (Å²) in [6.45, 7) is -0.851. The van der Waals surface area contributed by atoms with Crippen LogP contribution in [0.4, 0.5) is 13.2 Å². The second kappa shape index (κ2) is 6.93. The number of rotatable bonds is 5. The Morgan fingerprint density at radius 1 is 1.29 bits per heavy atom. The number of carbonyl (C=O) groups excluding carboxylic acids is 1. The number of likely N-dealkylation sites (tertiary alicyclic amines) is 1. The van der Waals surface area contributed by atoms with E-state index in [1.807, 2.05) is 30.3 Å². The zero-order valence-electron chi connectivity index (χ0n) is 11.6. The maximum Gasteiger partial charge on any atom is 0.411 e. The summed E-state index contributed by atoms with van der Waals surface area (Å²) in [6.07, 6.45) is -2.56. The molecule has 0 saturated carbocycles. The largest absolute Gasteiger partial charge is 0.411 e. The zero-order valence-corrected chi connectivity index (χ0v) is 11.6. The molecule has 0 N–H and O–H groups in total. The molecular weight excluding hydrogens is 283 g/mol. The standard InChI is InChI=1S/C15H18F3NO2/c16-15(17,18)11-21-10-8-14(20)19-9-4-7-13(19)12-5-2-1-3-6-12/h1-3,5-6,13H,4,7-11H2. The number of hydrogen-bond acceptors (Lipinski definition) is 2. The molecule has 1 saturated heterocycles. The average Bonchev–Trinajstić information content (AvgIpc) is 2.93. The average molecular weight is 301 g/mol. The van der Waals surface area contributed by atoms with Gasteiger partial charge in [-0.2, -0.15) is 13.2 Å². The zero-order chi connectivity index (χ0) is 15.3. The van der Waals surface area contributed by atoms with Crippen LogP contribution in [-0.2, 0) is 9.53 Å². The minimum atomic E-state index is -4.34. The molecule has 2 rings (SSSR count). The van der Waals surface area contributed by atoms with E-state index in [9.17, 15) is 18.0 Å². The predicted molar refractivity (Wildman–Crippen MR) is 71.6 cm³/mol. The van der Waals surface area contributed by atoms with Gasteiger partial charge in [-0.05, 0) is 18.4 Å². The first-order valence-corrected chi connectivity index (χ1v) is 6.96. The SMILES string of the molecule is O=C(CCOCC(F)(F)F)N1CCCC1c1ccccc1. The van der Waals surface area contributed by atoms with Crippen molar-refractivity contribution in [3.63, 3.8) is 0 Å². The minimum Gasteiger partial charge on any atom is -0.372 e. The van der Waals surface area contributed by atoms with Crippen molar-refractivity contribution in [3.8, 4) is 0 Å². The van der Waals surface area contributed by atoms with Gasteiger partial charge in [0.2, 0.25) is 5.91 Å². The smallest absolute Gasteiger partial charge is 0.372 e. The predicted octanol–water partition coefficient (Wildman–Crippen LogP) is 3.32. The summed E-state index contributed by atoms with van der Waals surface area (Å²) in [5, 5.41) is 0. The van der Waals surface area contributed by atoms with Crippen LogP contribution in [0.15, 0.2) is 30.3 Å². The molecule has 1 heterocycles. The summed E-state index contributed by atoms with van der Waals surface area (Å²) in [4.78, 5) is 13.9. The van der Waals surface area contributed by atoms with Gasteiger partial charge in [0.15, 0.2) is 0 Å². The lowest BCUT2D eigenvalue weighted by atomic mass is 10.0. The van der Waals surface area contributed by atoms with Gasteiger partial charge < -0.3 is 9.64 Å². The second-order valence-electron chi connectivity index (χ2n) is 5.07. The van der Waals surface area contributed by atoms with Gasteiger partial charge >= 0.3 is 6.18 Å². The third kappa shape index (κ3) is 4.74. The van der Waals surface area contributed by atoms with Crippen LogP contribution in [0.1, 0.15) is 30.9 Å². The molecule has 1 aliphatic rings. The second-order valence-corrected chi connectivity index (χ2v) is 5.07. The van der Waals surface area contributed by atoms with Crippen molar-refractivity contribution in [1.29, 1.82) is 0 Å². The fraction of sp³-hybridized carbons (Fsp3) is 0.533. The fourth-order valence-electron chi connectivity index (χ4n) is 2.58. The van der Waals surface area contributed by atoms with Gasteiger partial charge in [-0.15, -0.1) is 0 Å². The molecule has 0 bridgehead atoms. The van der Waals surface area contributed by atoms with E-state index >= 15 is 0 Å². The molecule has 0 radical (unpaired) electrons. The third-order valence-corrected chi connectivity index (χ3v) is 3.48. The lowest BCUT2D eigenvalue weighted by Crippen LogP contribution is -2.31. The summed E-state index contributed by atoms with van der Waals surface area (Å²) >= 11 is 0. The highest BCUT2D eigenvalue weighted by Gasteiger charge is 2.30. The van der Waals surface area contributed by atoms with Crippen molar-refractivity contribution in [2.45, 2.75) is 31.5 Å². The Morgan fingerprint density at radius 2 is 2.00 bits per heavy atom. The molecule has 1 aliphatic heterocycles. The number of benzene rings is 1. The van der Waals surface area contributed by atoms with E-state index in [4.69, 9.17) is 0 Å². The first kappa shape index (κ1) is 15.8. The molecule has 1 atom stereocenters. The quantitative estimate of drug-likeness (QED) is 0.781. The van der Waals surface area contributed by atoms with Crippen molar-refractivity contribution in [2.75, 3.05) is 19.8 Å². The number of alkyl halides is 3. The number of halogens is 3. The van der Waals surface area contributed by atoms with Crippen molar-refractivity contribution in [3.05, 3.63) is 35.9 Å². The van der Waals surface area contributed by atoms with Crippen molar-refractivity contribution >= 4 is 5.91 Å². The van der Waals surface area contributed by atoms with Crippen molar-refractivity contribution in [2.24, 2.45) is 0 Å². The summed E-state index contributed by atoms with van der Waals surface area (Å²) in [6, 6.07) is 9.72. The van der Waals surface area contributed by atoms with Crippen LogP contribution < -0.4 is 0 Å². The van der Waals surface area contributed by atoms with Gasteiger partial charge in [0, 0.05) is 6.54 Å². The highest BCUT2D eigenvalue weighted by atomic mass is 19.4. The Kier molecular flexibility index (Phi) is 5.22. The molecule has 0 spiro atoms. The number of hydrogen-bond donors (Lipinski definition) is 0. The summed E-state index contributed by atoms with van der Waals surface area (Å²) in [5.74, 6) is -0.150. The molecule has 116 valence electrons. The molecule has 0 aromatic heterocycles. The van der Waals surface area contributed by atoms with Gasteiger partial charge in [-0.3, -0.25) is 4.79 Å². The van der Waals surface area contributed by atoms with Crippen LogP contribution in [0, 0.1) is 0 Å². The molecule has 1 fully saturated rings. The van der Waals surface area contributed by atoms with Gasteiger partial charge in [0.25, 0.3) is 0 Å². The maximum absolute atomic E-state index is 12.1. The number of carbonyl (C=O) groups is 1. The highest BCUT2D eigenvalue weighted by Crippen LogP contribution is 2.32. The van der Waals surface area contributed by atoms with E-state index in [0.717, 1.165) is 18.4 Å². The molecule has 0 aliphatic carbocycles. The Bertz CT molecular complexity index is 462. The molecule has 1 unspecified atom stereocenters. The molecule has 3 nitrogen and oxygen atoms in total. The van der Waals surface area contributed by atoms with E-state index in [1.54, 1.807) is 4.90 Å². The minimum absolute atomic E-state index is 0.0145. The Morgan fingerprint density at radius 3 is 2.67 bits per heavy atom. The maximum atomic E-state index is 12.1. The number of nitrogens with zero attached hydrogens (tertiary/aromatic N) is 1. The Balaban J connectivity index is 1.84. The molecule has 1 amide bonds. The third-order valence-electron chi connectivity index (χ3n) is 3.48. The normalized spacial score (nSPS) is 19.0. The number of ether oxygens (including phenoxy) is 1. The Hall–Kier alpha value is -1.56. The van der Waals surface area contributed by atoms with E-state index in [1.165, 1.54) is 0 Å². The van der Waals surface area contributed by atoms with Crippen molar-refractivity contribution < 1.29 is 22.7 Å². The first-order valence-electron chi connectivity index (χ1n) is 6.96. The summed E-state index contributed by atoms with van der Waals surface area (Å²) < 4.78 is 40.3. The topological polar surface area (TPSA) is 29.5 Å². The van der Waals surface area contributed by atoms with Gasteiger partial charge in [-0.25, -0.2) is 0 Å². The molecule has 1 aromatic rings. The first-order chi connectivity index (χ1) is 9.97. The van der Waals surface area contributed by atoms with Crippen molar-refractivity contribution in [1.82, 2.24) is 4.90 Å². The highest BCUT2D eigenvalue weighted by molar-refractivity contribution is 5.77. The van der Waals surface area contributed by atoms with E-state index in [2.05, 4.69) is 4.74 Å². The lowest BCUT2D eigenvalue weighted by Gasteiger charge is -2.25. The number of amides is 1. The van der Waals surface area contributed by atoms with Gasteiger partial charge in [0.05, 0.1) is 19.1 Å². The monoisotopic (exact) mass is 301 g/mol. The van der Waals surface area contributed by atoms with Crippen LogP contribution in [-0.4, -0.2) is 36.7 Å². The fourth-order valence-corrected chi connectivity index (χ4v) is 2.58. The lowest BCUT2D eigenvalue weighted by molar-refractivity contribution is -0.175. The van der Waals surface area contributed by atoms with E-state index in [0.29, 0.717) is 6.54 Å². The summed E-state index contributed by atoms with van der Waals surface area (Å²) in [7, 11) is 0.